The fourth-order valence-electron chi connectivity index (χ4n) is 3.41. The summed E-state index contributed by atoms with van der Waals surface area (Å²) in [6.45, 7) is 1.59. The largest absolute Gasteiger partial charge is 0.491 e. The van der Waals surface area contributed by atoms with Crippen LogP contribution >= 0.6 is 0 Å². The Kier molecular flexibility index (Phi) is 4.32. The molecule has 0 bridgehead atoms. The number of hydrogen-bond acceptors (Lipinski definition) is 3. The molecule has 0 aromatic heterocycles. The van der Waals surface area contributed by atoms with Crippen molar-refractivity contribution in [3.63, 3.8) is 0 Å². The number of benzene rings is 1. The molecule has 118 valence electrons. The lowest BCUT2D eigenvalue weighted by Crippen LogP contribution is -2.39. The van der Waals surface area contributed by atoms with E-state index in [1.54, 1.807) is 0 Å². The lowest BCUT2D eigenvalue weighted by molar-refractivity contribution is -0.145. The van der Waals surface area contributed by atoms with Gasteiger partial charge in [-0.3, -0.25) is 9.59 Å². The number of carboxylic acid groups (broad SMARTS) is 1. The van der Waals surface area contributed by atoms with Crippen molar-refractivity contribution in [3.8, 4) is 5.75 Å². The third-order valence-electron chi connectivity index (χ3n) is 4.64. The van der Waals surface area contributed by atoms with Crippen molar-refractivity contribution in [3.05, 3.63) is 29.8 Å². The Morgan fingerprint density at radius 2 is 1.95 bits per heavy atom. The zero-order chi connectivity index (χ0) is 15.5. The molecule has 0 radical (unpaired) electrons. The molecule has 0 spiro atoms. The van der Waals surface area contributed by atoms with E-state index >= 15 is 0 Å². The number of amides is 1. The highest BCUT2D eigenvalue weighted by Crippen LogP contribution is 2.32. The summed E-state index contributed by atoms with van der Waals surface area (Å²) < 4.78 is 5.69. The molecule has 1 heterocycles. The highest BCUT2D eigenvalue weighted by molar-refractivity contribution is 5.80. The Balaban J connectivity index is 1.71. The number of hydrogen-bond donors (Lipinski definition) is 1. The van der Waals surface area contributed by atoms with Crippen LogP contribution in [0.15, 0.2) is 24.3 Å². The zero-order valence-electron chi connectivity index (χ0n) is 12.5. The van der Waals surface area contributed by atoms with E-state index in [1.165, 1.54) is 0 Å². The highest BCUT2D eigenvalue weighted by Gasteiger charge is 2.33. The van der Waals surface area contributed by atoms with Crippen molar-refractivity contribution in [2.75, 3.05) is 13.2 Å². The number of para-hydroxylation sites is 1. The van der Waals surface area contributed by atoms with Crippen LogP contribution in [0.5, 0.6) is 5.75 Å². The Labute approximate surface area is 129 Å². The van der Waals surface area contributed by atoms with Gasteiger partial charge in [-0.1, -0.05) is 24.6 Å². The molecule has 2 atom stereocenters. The Hall–Kier alpha value is -2.04. The summed E-state index contributed by atoms with van der Waals surface area (Å²) in [5.74, 6) is -0.406. The third kappa shape index (κ3) is 3.08. The summed E-state index contributed by atoms with van der Waals surface area (Å²) in [5, 5.41) is 9.18. The number of ether oxygens (including phenoxy) is 1. The van der Waals surface area contributed by atoms with Gasteiger partial charge in [0.25, 0.3) is 0 Å². The average Bonchev–Trinajstić information content (AvgIpc) is 2.76. The minimum absolute atomic E-state index is 0.0752. The fourth-order valence-corrected chi connectivity index (χ4v) is 3.41. The summed E-state index contributed by atoms with van der Waals surface area (Å²) in [7, 11) is 0. The van der Waals surface area contributed by atoms with Crippen molar-refractivity contribution in [1.29, 1.82) is 0 Å². The average molecular weight is 303 g/mol. The van der Waals surface area contributed by atoms with Crippen molar-refractivity contribution in [1.82, 2.24) is 4.90 Å². The van der Waals surface area contributed by atoms with Gasteiger partial charge >= 0.3 is 5.97 Å². The summed E-state index contributed by atoms with van der Waals surface area (Å²) in [6, 6.07) is 7.76. The van der Waals surface area contributed by atoms with Gasteiger partial charge < -0.3 is 14.7 Å². The molecule has 0 unspecified atom stereocenters. The van der Waals surface area contributed by atoms with Crippen LogP contribution in [0.25, 0.3) is 0 Å². The van der Waals surface area contributed by atoms with E-state index in [1.807, 2.05) is 29.2 Å². The van der Waals surface area contributed by atoms with E-state index in [-0.39, 0.29) is 17.7 Å². The summed E-state index contributed by atoms with van der Waals surface area (Å²) in [5.41, 5.74) is 1.01. The number of carbonyl (C=O) groups excluding carboxylic acids is 1. The second-order valence-electron chi connectivity index (χ2n) is 6.11. The molecule has 1 aromatic carbocycles. The van der Waals surface area contributed by atoms with Gasteiger partial charge in [0.05, 0.1) is 12.5 Å². The van der Waals surface area contributed by atoms with E-state index in [0.717, 1.165) is 24.2 Å². The molecule has 0 saturated heterocycles. The number of fused-ring (bicyclic) bond motifs is 1. The van der Waals surface area contributed by atoms with E-state index in [2.05, 4.69) is 0 Å². The summed E-state index contributed by atoms with van der Waals surface area (Å²) in [4.78, 5) is 25.8. The van der Waals surface area contributed by atoms with Crippen molar-refractivity contribution in [2.45, 2.75) is 32.2 Å². The number of aliphatic carboxylic acids is 1. The molecular weight excluding hydrogens is 282 g/mol. The number of nitrogens with zero attached hydrogens (tertiary/aromatic N) is 1. The highest BCUT2D eigenvalue weighted by atomic mass is 16.5. The SMILES string of the molecule is O=C(O)[C@H]1CCC[C@@H](C(=O)N2CCOc3ccccc3C2)C1. The topological polar surface area (TPSA) is 66.8 Å². The smallest absolute Gasteiger partial charge is 0.306 e. The molecular formula is C17H21NO4. The fraction of sp³-hybridized carbons (Fsp3) is 0.529. The van der Waals surface area contributed by atoms with Gasteiger partial charge in [-0.05, 0) is 25.3 Å². The Bertz CT molecular complexity index is 572. The van der Waals surface area contributed by atoms with Crippen molar-refractivity contribution in [2.24, 2.45) is 11.8 Å². The summed E-state index contributed by atoms with van der Waals surface area (Å²) in [6.07, 6.45) is 2.76. The lowest BCUT2D eigenvalue weighted by atomic mass is 9.80. The van der Waals surface area contributed by atoms with Crippen LogP contribution in [-0.4, -0.2) is 35.0 Å². The second kappa shape index (κ2) is 6.38. The second-order valence-corrected chi connectivity index (χ2v) is 6.11. The van der Waals surface area contributed by atoms with Crippen molar-refractivity contribution >= 4 is 11.9 Å². The molecule has 5 heteroatoms. The predicted molar refractivity (Wildman–Crippen MR) is 80.4 cm³/mol. The molecule has 2 aliphatic rings. The van der Waals surface area contributed by atoms with Crippen LogP contribution in [0.2, 0.25) is 0 Å². The molecule has 1 N–H and O–H groups in total. The number of rotatable bonds is 2. The first-order chi connectivity index (χ1) is 10.6. The third-order valence-corrected chi connectivity index (χ3v) is 4.64. The molecule has 5 nitrogen and oxygen atoms in total. The molecule has 1 aliphatic heterocycles. The molecule has 3 rings (SSSR count). The first-order valence-electron chi connectivity index (χ1n) is 7.87. The van der Waals surface area contributed by atoms with Gasteiger partial charge in [0.1, 0.15) is 12.4 Å². The van der Waals surface area contributed by atoms with Gasteiger partial charge in [-0.15, -0.1) is 0 Å². The zero-order valence-corrected chi connectivity index (χ0v) is 12.5. The maximum atomic E-state index is 12.8. The van der Waals surface area contributed by atoms with Crippen LogP contribution in [0.4, 0.5) is 0 Å². The van der Waals surface area contributed by atoms with Gasteiger partial charge in [0, 0.05) is 18.0 Å². The maximum absolute atomic E-state index is 12.8. The number of carbonyl (C=O) groups is 2. The monoisotopic (exact) mass is 303 g/mol. The van der Waals surface area contributed by atoms with Crippen LogP contribution in [-0.2, 0) is 16.1 Å². The molecule has 1 aromatic rings. The molecule has 22 heavy (non-hydrogen) atoms. The van der Waals surface area contributed by atoms with E-state index in [9.17, 15) is 14.7 Å². The lowest BCUT2D eigenvalue weighted by Gasteiger charge is -2.30. The van der Waals surface area contributed by atoms with Gasteiger partial charge in [0.15, 0.2) is 0 Å². The molecule has 1 fully saturated rings. The summed E-state index contributed by atoms with van der Waals surface area (Å²) >= 11 is 0. The standard InChI is InChI=1S/C17H21NO4/c19-16(12-5-3-6-13(10-12)17(20)21)18-8-9-22-15-7-2-1-4-14(15)11-18/h1-2,4,7,12-13H,3,5-6,8-11H2,(H,20,21)/t12-,13+/m1/s1. The van der Waals surface area contributed by atoms with Gasteiger partial charge in [0.2, 0.25) is 5.91 Å². The van der Waals surface area contributed by atoms with Crippen molar-refractivity contribution < 1.29 is 19.4 Å². The maximum Gasteiger partial charge on any atom is 0.306 e. The molecule has 1 saturated carbocycles. The Morgan fingerprint density at radius 3 is 2.77 bits per heavy atom. The van der Waals surface area contributed by atoms with Crippen LogP contribution in [0.3, 0.4) is 0 Å². The Morgan fingerprint density at radius 1 is 1.18 bits per heavy atom. The van der Waals surface area contributed by atoms with Gasteiger partial charge in [-0.2, -0.15) is 0 Å². The van der Waals surface area contributed by atoms with Crippen LogP contribution in [0, 0.1) is 11.8 Å². The minimum Gasteiger partial charge on any atom is -0.491 e. The van der Waals surface area contributed by atoms with E-state index < -0.39 is 5.97 Å². The van der Waals surface area contributed by atoms with E-state index in [0.29, 0.717) is 32.5 Å². The molecule has 1 aliphatic carbocycles. The quantitative estimate of drug-likeness (QED) is 0.910. The minimum atomic E-state index is -0.776. The predicted octanol–water partition coefficient (Wildman–Crippen LogP) is 2.30. The first-order valence-corrected chi connectivity index (χ1v) is 7.87. The van der Waals surface area contributed by atoms with Gasteiger partial charge in [-0.25, -0.2) is 0 Å². The van der Waals surface area contributed by atoms with Crippen LogP contribution in [0.1, 0.15) is 31.2 Å². The first kappa shape index (κ1) is 14.9. The van der Waals surface area contributed by atoms with E-state index in [4.69, 9.17) is 4.74 Å². The molecule has 1 amide bonds. The normalized spacial score (nSPS) is 24.8. The number of carboxylic acids is 1. The van der Waals surface area contributed by atoms with Crippen LogP contribution < -0.4 is 4.74 Å².